The quantitative estimate of drug-likeness (QED) is 0.485. The number of ether oxygens (including phenoxy) is 1. The Morgan fingerprint density at radius 1 is 1.05 bits per heavy atom. The maximum absolute atomic E-state index is 12.0. The number of hydrogen-bond donors (Lipinski definition) is 1. The van der Waals surface area contributed by atoms with Crippen LogP contribution in [-0.4, -0.2) is 30.0 Å². The first-order valence-corrected chi connectivity index (χ1v) is 6.88. The smallest absolute Gasteiger partial charge is 0.278 e. The number of nitrogens with two attached hydrogens (primary N) is 1. The number of fused-ring (bicyclic) bond motifs is 1. The second kappa shape index (κ2) is 4.57. The first kappa shape index (κ1) is 12.8. The van der Waals surface area contributed by atoms with Gasteiger partial charge in [0.1, 0.15) is 12.2 Å². The third-order valence-electron chi connectivity index (χ3n) is 3.89. The van der Waals surface area contributed by atoms with Gasteiger partial charge < -0.3 is 4.74 Å². The summed E-state index contributed by atoms with van der Waals surface area (Å²) in [6, 6.07) is 13.8. The van der Waals surface area contributed by atoms with Crippen LogP contribution in [0.3, 0.4) is 0 Å². The first-order chi connectivity index (χ1) is 10.6. The zero-order valence-electron chi connectivity index (χ0n) is 11.7. The Balaban J connectivity index is 1.85. The fraction of sp³-hybridized carbons (Fsp3) is 0.125. The number of hydrogen-bond acceptors (Lipinski definition) is 5. The second-order valence-corrected chi connectivity index (χ2v) is 5.27. The highest BCUT2D eigenvalue weighted by atomic mass is 16.5. The Hall–Kier alpha value is -2.86. The predicted octanol–water partition coefficient (Wildman–Crippen LogP) is 1.13. The summed E-state index contributed by atoms with van der Waals surface area (Å²) in [5.74, 6) is 5.21. The van der Waals surface area contributed by atoms with Crippen LogP contribution in [0.5, 0.6) is 0 Å². The molecule has 2 aliphatic rings. The Labute approximate surface area is 126 Å². The van der Waals surface area contributed by atoms with Gasteiger partial charge in [-0.1, -0.05) is 30.3 Å². The summed E-state index contributed by atoms with van der Waals surface area (Å²) in [5, 5.41) is 3.20. The van der Waals surface area contributed by atoms with E-state index in [9.17, 15) is 9.59 Å². The number of hydrazine groups is 1. The van der Waals surface area contributed by atoms with Crippen molar-refractivity contribution >= 4 is 28.2 Å². The molecule has 0 spiro atoms. The zero-order chi connectivity index (χ0) is 15.3. The van der Waals surface area contributed by atoms with Gasteiger partial charge in [0.05, 0.1) is 0 Å². The number of carbonyl (C=O) groups excluding carboxylic acids is 2. The molecule has 0 saturated carbocycles. The fourth-order valence-electron chi connectivity index (χ4n) is 2.79. The van der Waals surface area contributed by atoms with Gasteiger partial charge in [-0.2, -0.15) is 0 Å². The molecule has 0 saturated heterocycles. The van der Waals surface area contributed by atoms with Crippen LogP contribution in [0.15, 0.2) is 53.9 Å². The monoisotopic (exact) mass is 295 g/mol. The van der Waals surface area contributed by atoms with Gasteiger partial charge in [-0.05, 0) is 22.9 Å². The Kier molecular flexibility index (Phi) is 2.67. The van der Waals surface area contributed by atoms with Crippen molar-refractivity contribution < 1.29 is 14.3 Å². The van der Waals surface area contributed by atoms with Crippen molar-refractivity contribution in [2.45, 2.75) is 0 Å². The summed E-state index contributed by atoms with van der Waals surface area (Å²) in [5.41, 5.74) is 0.853. The van der Waals surface area contributed by atoms with Crippen molar-refractivity contribution in [2.75, 3.05) is 18.2 Å². The largest absolute Gasteiger partial charge is 0.470 e. The van der Waals surface area contributed by atoms with Gasteiger partial charge in [0.2, 0.25) is 11.7 Å². The fourth-order valence-corrected chi connectivity index (χ4v) is 2.79. The summed E-state index contributed by atoms with van der Waals surface area (Å²) in [6.07, 6.45) is 0. The number of carbonyl (C=O) groups is 2. The van der Waals surface area contributed by atoms with Gasteiger partial charge in [0.15, 0.2) is 6.61 Å². The first-order valence-electron chi connectivity index (χ1n) is 6.88. The van der Waals surface area contributed by atoms with Gasteiger partial charge in [0.25, 0.3) is 5.91 Å². The molecule has 2 heterocycles. The van der Waals surface area contributed by atoms with E-state index in [1.54, 1.807) is 4.90 Å². The van der Waals surface area contributed by atoms with E-state index < -0.39 is 5.91 Å². The maximum Gasteiger partial charge on any atom is 0.278 e. The van der Waals surface area contributed by atoms with Gasteiger partial charge in [-0.15, -0.1) is 0 Å². The van der Waals surface area contributed by atoms with Crippen LogP contribution >= 0.6 is 0 Å². The highest BCUT2D eigenvalue weighted by Crippen LogP contribution is 2.32. The van der Waals surface area contributed by atoms with Crippen LogP contribution in [0.4, 0.5) is 5.69 Å². The maximum atomic E-state index is 12.0. The average Bonchev–Trinajstić information content (AvgIpc) is 2.92. The van der Waals surface area contributed by atoms with E-state index in [-0.39, 0.29) is 24.6 Å². The van der Waals surface area contributed by atoms with Crippen LogP contribution in [0.1, 0.15) is 0 Å². The van der Waals surface area contributed by atoms with Crippen LogP contribution < -0.4 is 10.7 Å². The molecule has 0 radical (unpaired) electrons. The molecule has 110 valence electrons. The van der Waals surface area contributed by atoms with Crippen molar-refractivity contribution in [1.29, 1.82) is 0 Å². The molecule has 2 aliphatic heterocycles. The number of rotatable bonds is 1. The van der Waals surface area contributed by atoms with E-state index in [2.05, 4.69) is 0 Å². The lowest BCUT2D eigenvalue weighted by atomic mass is 10.1. The van der Waals surface area contributed by atoms with Gasteiger partial charge in [0, 0.05) is 5.69 Å². The minimum Gasteiger partial charge on any atom is -0.470 e. The lowest BCUT2D eigenvalue weighted by Crippen LogP contribution is -2.51. The van der Waals surface area contributed by atoms with E-state index in [1.165, 1.54) is 0 Å². The SMILES string of the molecule is NN1CN(c2ccc3ccccc3c2)C2=C(C(=O)CO2)C1=O. The number of benzene rings is 2. The lowest BCUT2D eigenvalue weighted by Gasteiger charge is -2.33. The topological polar surface area (TPSA) is 75.9 Å². The van der Waals surface area contributed by atoms with Gasteiger partial charge in [-0.25, -0.2) is 5.84 Å². The minimum absolute atomic E-state index is 0.0295. The van der Waals surface area contributed by atoms with E-state index in [1.807, 2.05) is 42.5 Å². The number of ketones is 1. The van der Waals surface area contributed by atoms with Gasteiger partial charge >= 0.3 is 0 Å². The molecule has 1 amide bonds. The highest BCUT2D eigenvalue weighted by Gasteiger charge is 2.41. The Morgan fingerprint density at radius 3 is 2.64 bits per heavy atom. The summed E-state index contributed by atoms with van der Waals surface area (Å²) >= 11 is 0. The van der Waals surface area contributed by atoms with Gasteiger partial charge in [-0.3, -0.25) is 19.5 Å². The number of amides is 1. The molecule has 2 aromatic carbocycles. The lowest BCUT2D eigenvalue weighted by molar-refractivity contribution is -0.130. The normalized spacial score (nSPS) is 18.0. The molecule has 0 aliphatic carbocycles. The second-order valence-electron chi connectivity index (χ2n) is 5.27. The molecule has 2 N–H and O–H groups in total. The standard InChI is InChI=1S/C16H13N3O3/c17-19-9-18(16-14(15(19)21)13(20)8-22-16)12-6-5-10-3-1-2-4-11(10)7-12/h1-7H,8-9,17H2. The molecule has 6 heteroatoms. The summed E-state index contributed by atoms with van der Waals surface area (Å²) < 4.78 is 5.42. The average molecular weight is 295 g/mol. The third kappa shape index (κ3) is 1.78. The van der Waals surface area contributed by atoms with E-state index in [0.29, 0.717) is 5.88 Å². The van der Waals surface area contributed by atoms with Crippen molar-refractivity contribution in [1.82, 2.24) is 5.01 Å². The molecule has 4 rings (SSSR count). The van der Waals surface area contributed by atoms with Crippen LogP contribution in [0.2, 0.25) is 0 Å². The molecule has 0 aromatic heterocycles. The van der Waals surface area contributed by atoms with E-state index >= 15 is 0 Å². The third-order valence-corrected chi connectivity index (χ3v) is 3.89. The highest BCUT2D eigenvalue weighted by molar-refractivity contribution is 6.22. The summed E-state index contributed by atoms with van der Waals surface area (Å²) in [7, 11) is 0. The molecule has 22 heavy (non-hydrogen) atoms. The minimum atomic E-state index is -0.491. The summed E-state index contributed by atoms with van der Waals surface area (Å²) in [6.45, 7) is 0.0254. The molecular weight excluding hydrogens is 282 g/mol. The number of anilines is 1. The Bertz CT molecular complexity index is 843. The molecule has 2 aromatic rings. The van der Waals surface area contributed by atoms with Crippen LogP contribution in [0.25, 0.3) is 10.8 Å². The molecule has 0 bridgehead atoms. The molecule has 0 unspecified atom stereocenters. The summed E-state index contributed by atoms with van der Waals surface area (Å²) in [4.78, 5) is 25.6. The molecule has 6 nitrogen and oxygen atoms in total. The number of nitrogens with zero attached hydrogens (tertiary/aromatic N) is 2. The predicted molar refractivity (Wildman–Crippen MR) is 80.3 cm³/mol. The number of Topliss-reactive ketones (excluding diaryl/α,β-unsaturated/α-hetero) is 1. The zero-order valence-corrected chi connectivity index (χ0v) is 11.7. The van der Waals surface area contributed by atoms with Crippen molar-refractivity contribution in [3.05, 3.63) is 53.9 Å². The van der Waals surface area contributed by atoms with Crippen molar-refractivity contribution in [3.8, 4) is 0 Å². The van der Waals surface area contributed by atoms with Crippen molar-refractivity contribution in [3.63, 3.8) is 0 Å². The van der Waals surface area contributed by atoms with Crippen LogP contribution in [0, 0.1) is 0 Å². The Morgan fingerprint density at radius 2 is 1.82 bits per heavy atom. The molecule has 0 atom stereocenters. The van der Waals surface area contributed by atoms with Crippen molar-refractivity contribution in [2.24, 2.45) is 5.84 Å². The van der Waals surface area contributed by atoms with Crippen LogP contribution in [-0.2, 0) is 14.3 Å². The van der Waals surface area contributed by atoms with E-state index in [0.717, 1.165) is 21.5 Å². The molecular formula is C16H13N3O3. The van der Waals surface area contributed by atoms with E-state index in [4.69, 9.17) is 10.6 Å². The molecule has 0 fully saturated rings.